The molecular formula is C30H30O2P2. The third-order valence-electron chi connectivity index (χ3n) is 5.67. The van der Waals surface area contributed by atoms with Crippen molar-refractivity contribution in [3.8, 4) is 11.5 Å². The minimum atomic E-state index is -0.538. The van der Waals surface area contributed by atoms with Gasteiger partial charge >= 0.3 is 0 Å². The summed E-state index contributed by atoms with van der Waals surface area (Å²) in [5.74, 6) is 6.84. The first-order valence-electron chi connectivity index (χ1n) is 11.3. The van der Waals surface area contributed by atoms with E-state index in [1.54, 1.807) is 14.2 Å². The van der Waals surface area contributed by atoms with E-state index in [4.69, 9.17) is 9.47 Å². The van der Waals surface area contributed by atoms with Crippen molar-refractivity contribution in [1.29, 1.82) is 0 Å². The fraction of sp³-hybridized carbons (Fsp3) is 0.133. The average Bonchev–Trinajstić information content (AvgIpc) is 2.91. The Morgan fingerprint density at radius 3 is 1.24 bits per heavy atom. The number of hydrogen-bond donors (Lipinski definition) is 0. The maximum Gasteiger partial charge on any atom is 0.122 e. The highest BCUT2D eigenvalue weighted by Gasteiger charge is 2.15. The molecule has 0 N–H and O–H groups in total. The first kappa shape index (κ1) is 24.2. The predicted molar refractivity (Wildman–Crippen MR) is 149 cm³/mol. The van der Waals surface area contributed by atoms with Gasteiger partial charge in [0.2, 0.25) is 0 Å². The molecule has 0 fully saturated rings. The van der Waals surface area contributed by atoms with Crippen molar-refractivity contribution in [2.45, 2.75) is 12.3 Å². The zero-order valence-electron chi connectivity index (χ0n) is 19.7. The Bertz CT molecular complexity index is 1100. The molecule has 0 aliphatic carbocycles. The molecule has 172 valence electrons. The second kappa shape index (κ2) is 12.5. The molecule has 0 heterocycles. The Morgan fingerprint density at radius 1 is 0.500 bits per heavy atom. The molecule has 4 rings (SSSR count). The highest BCUT2D eigenvalue weighted by Crippen LogP contribution is 2.48. The van der Waals surface area contributed by atoms with E-state index in [0.717, 1.165) is 23.8 Å². The van der Waals surface area contributed by atoms with Gasteiger partial charge in [-0.25, -0.2) is 0 Å². The molecule has 34 heavy (non-hydrogen) atoms. The Balaban J connectivity index is 1.68. The van der Waals surface area contributed by atoms with Gasteiger partial charge in [0.1, 0.15) is 11.5 Å². The van der Waals surface area contributed by atoms with Crippen molar-refractivity contribution >= 4 is 26.5 Å². The monoisotopic (exact) mass is 484 g/mol. The number of rotatable bonds is 10. The van der Waals surface area contributed by atoms with Gasteiger partial charge in [-0.15, -0.1) is 0 Å². The number of ether oxygens (including phenoxy) is 2. The fourth-order valence-electron chi connectivity index (χ4n) is 3.89. The Morgan fingerprint density at radius 2 is 0.853 bits per heavy atom. The van der Waals surface area contributed by atoms with Crippen LogP contribution in [-0.4, -0.2) is 14.2 Å². The lowest BCUT2D eigenvalue weighted by molar-refractivity contribution is 0.411. The molecule has 0 bridgehead atoms. The van der Waals surface area contributed by atoms with E-state index in [9.17, 15) is 0 Å². The SMILES string of the molecule is COc1ccccc1CP(C=CP(Cc1ccccc1OC)c1ccccc1)c1ccccc1. The zero-order valence-corrected chi connectivity index (χ0v) is 21.5. The Kier molecular flexibility index (Phi) is 8.91. The summed E-state index contributed by atoms with van der Waals surface area (Å²) in [6.45, 7) is 0. The Labute approximate surface area is 205 Å². The van der Waals surface area contributed by atoms with Crippen LogP contribution in [0.5, 0.6) is 11.5 Å². The largest absolute Gasteiger partial charge is 0.496 e. The molecule has 2 atom stereocenters. The van der Waals surface area contributed by atoms with Crippen LogP contribution in [0.25, 0.3) is 0 Å². The third kappa shape index (κ3) is 6.35. The fourth-order valence-corrected chi connectivity index (χ4v) is 8.47. The number of para-hydroxylation sites is 2. The first-order chi connectivity index (χ1) is 16.8. The van der Waals surface area contributed by atoms with E-state index < -0.39 is 15.8 Å². The predicted octanol–water partition coefficient (Wildman–Crippen LogP) is 7.49. The van der Waals surface area contributed by atoms with Crippen LogP contribution in [0.1, 0.15) is 11.1 Å². The van der Waals surface area contributed by atoms with Crippen LogP contribution in [0.4, 0.5) is 0 Å². The molecular weight excluding hydrogens is 454 g/mol. The van der Waals surface area contributed by atoms with E-state index in [0.29, 0.717) is 0 Å². The van der Waals surface area contributed by atoms with Crippen LogP contribution in [0.2, 0.25) is 0 Å². The van der Waals surface area contributed by atoms with Gasteiger partial charge in [0.25, 0.3) is 0 Å². The number of hydrogen-bond acceptors (Lipinski definition) is 2. The molecule has 4 aromatic carbocycles. The van der Waals surface area contributed by atoms with E-state index in [1.165, 1.54) is 21.7 Å². The molecule has 2 unspecified atom stereocenters. The van der Waals surface area contributed by atoms with E-state index >= 15 is 0 Å². The van der Waals surface area contributed by atoms with Crippen LogP contribution in [0.15, 0.2) is 121 Å². The molecule has 0 saturated heterocycles. The molecule has 4 aromatic rings. The molecule has 0 saturated carbocycles. The summed E-state index contributed by atoms with van der Waals surface area (Å²) < 4.78 is 11.3. The first-order valence-corrected chi connectivity index (χ1v) is 14.5. The van der Waals surface area contributed by atoms with Gasteiger partial charge in [-0.3, -0.25) is 0 Å². The standard InChI is InChI=1S/C30H30O2P2/c1-31-29-19-11-9-13-25(29)23-33(27-15-5-3-6-16-27)21-22-34(28-17-7-4-8-18-28)24-26-14-10-12-20-30(26)32-2/h3-22H,23-24H2,1-2H3. The normalized spacial score (nSPS) is 12.9. The van der Waals surface area contributed by atoms with Gasteiger partial charge in [0.15, 0.2) is 0 Å². The Hall–Kier alpha value is -2.92. The summed E-state index contributed by atoms with van der Waals surface area (Å²) in [7, 11) is 2.43. The summed E-state index contributed by atoms with van der Waals surface area (Å²) in [5, 5.41) is 2.75. The lowest BCUT2D eigenvalue weighted by atomic mass is 10.2. The van der Waals surface area contributed by atoms with Gasteiger partial charge in [-0.1, -0.05) is 109 Å². The lowest BCUT2D eigenvalue weighted by Crippen LogP contribution is -2.03. The molecule has 0 radical (unpaired) electrons. The molecule has 2 nitrogen and oxygen atoms in total. The molecule has 0 spiro atoms. The molecule has 0 amide bonds. The van der Waals surface area contributed by atoms with Crippen molar-refractivity contribution in [2.24, 2.45) is 0 Å². The second-order valence-electron chi connectivity index (χ2n) is 7.85. The van der Waals surface area contributed by atoms with Gasteiger partial charge in [-0.2, -0.15) is 0 Å². The number of benzene rings is 4. The van der Waals surface area contributed by atoms with Crippen molar-refractivity contribution in [1.82, 2.24) is 0 Å². The van der Waals surface area contributed by atoms with Crippen molar-refractivity contribution in [2.75, 3.05) is 14.2 Å². The highest BCUT2D eigenvalue weighted by molar-refractivity contribution is 7.71. The average molecular weight is 485 g/mol. The van der Waals surface area contributed by atoms with Gasteiger partial charge < -0.3 is 9.47 Å². The van der Waals surface area contributed by atoms with Crippen molar-refractivity contribution < 1.29 is 9.47 Å². The van der Waals surface area contributed by atoms with Crippen LogP contribution >= 0.6 is 15.8 Å². The van der Waals surface area contributed by atoms with Crippen molar-refractivity contribution in [3.63, 3.8) is 0 Å². The van der Waals surface area contributed by atoms with Gasteiger partial charge in [0, 0.05) is 12.3 Å². The molecule has 0 aromatic heterocycles. The zero-order chi connectivity index (χ0) is 23.6. The van der Waals surface area contributed by atoms with E-state index in [1.807, 2.05) is 12.1 Å². The molecule has 4 heteroatoms. The molecule has 0 aliphatic rings. The maximum absolute atomic E-state index is 5.66. The quantitative estimate of drug-likeness (QED) is 0.217. The summed E-state index contributed by atoms with van der Waals surface area (Å²) in [5.41, 5.74) is 2.50. The summed E-state index contributed by atoms with van der Waals surface area (Å²) in [6.07, 6.45) is 1.90. The lowest BCUT2D eigenvalue weighted by Gasteiger charge is -2.19. The molecule has 0 aliphatic heterocycles. The highest BCUT2D eigenvalue weighted by atomic mass is 31.1. The van der Waals surface area contributed by atoms with Gasteiger partial charge in [-0.05, 0) is 49.7 Å². The van der Waals surface area contributed by atoms with Crippen LogP contribution in [-0.2, 0) is 12.3 Å². The van der Waals surface area contributed by atoms with Crippen LogP contribution in [0.3, 0.4) is 0 Å². The smallest absolute Gasteiger partial charge is 0.122 e. The summed E-state index contributed by atoms with van der Waals surface area (Å²) in [6, 6.07) is 38.4. The topological polar surface area (TPSA) is 18.5 Å². The van der Waals surface area contributed by atoms with Gasteiger partial charge in [0.05, 0.1) is 14.2 Å². The second-order valence-corrected chi connectivity index (χ2v) is 12.0. The van der Waals surface area contributed by atoms with Crippen LogP contribution < -0.4 is 20.1 Å². The summed E-state index contributed by atoms with van der Waals surface area (Å²) >= 11 is 0. The van der Waals surface area contributed by atoms with E-state index in [-0.39, 0.29) is 0 Å². The minimum absolute atomic E-state index is 0.538. The maximum atomic E-state index is 5.66. The summed E-state index contributed by atoms with van der Waals surface area (Å²) in [4.78, 5) is 0. The third-order valence-corrected chi connectivity index (χ3v) is 10.2. The minimum Gasteiger partial charge on any atom is -0.496 e. The number of methoxy groups -OCH3 is 2. The van der Waals surface area contributed by atoms with Crippen LogP contribution in [0, 0.1) is 0 Å². The van der Waals surface area contributed by atoms with Crippen molar-refractivity contribution in [3.05, 3.63) is 132 Å². The van der Waals surface area contributed by atoms with E-state index in [2.05, 4.69) is 109 Å².